The first kappa shape index (κ1) is 25.5. The smallest absolute Gasteiger partial charge is 0.231 e. The molecule has 0 radical (unpaired) electrons. The third kappa shape index (κ3) is 7.44. The Labute approximate surface area is 192 Å². The molecule has 1 N–H and O–H groups in total. The van der Waals surface area contributed by atoms with Crippen molar-refractivity contribution < 1.29 is 9.18 Å². The van der Waals surface area contributed by atoms with E-state index < -0.39 is 12.1 Å². The zero-order chi connectivity index (χ0) is 23.7. The second-order valence-corrected chi connectivity index (χ2v) is 8.48. The largest absolute Gasteiger partial charge is 0.310 e. The van der Waals surface area contributed by atoms with Gasteiger partial charge in [0.15, 0.2) is 0 Å². The molecule has 4 heteroatoms. The maximum atomic E-state index is 13.1. The van der Waals surface area contributed by atoms with Crippen LogP contribution in [0.15, 0.2) is 65.4 Å². The molecule has 0 bridgehead atoms. The summed E-state index contributed by atoms with van der Waals surface area (Å²) in [6, 6.07) is 1.84. The van der Waals surface area contributed by atoms with E-state index in [4.69, 9.17) is 0 Å². The molecule has 1 aromatic rings. The summed E-state index contributed by atoms with van der Waals surface area (Å²) in [4.78, 5) is 16.4. The van der Waals surface area contributed by atoms with Crippen LogP contribution in [-0.4, -0.2) is 17.1 Å². The Hall–Kier alpha value is -2.75. The zero-order valence-corrected chi connectivity index (χ0v) is 20.2. The molecule has 1 heterocycles. The van der Waals surface area contributed by atoms with E-state index in [1.165, 1.54) is 5.57 Å². The predicted octanol–water partition coefficient (Wildman–Crippen LogP) is 7.68. The number of alkyl halides is 1. The molecule has 2 atom stereocenters. The Morgan fingerprint density at radius 2 is 2.09 bits per heavy atom. The number of allylic oxidation sites excluding steroid dienone is 8. The van der Waals surface area contributed by atoms with E-state index in [-0.39, 0.29) is 5.91 Å². The van der Waals surface area contributed by atoms with Gasteiger partial charge in [0.05, 0.1) is 5.92 Å². The molecule has 172 valence electrons. The van der Waals surface area contributed by atoms with Gasteiger partial charge < -0.3 is 5.32 Å². The molecule has 2 rings (SSSR count). The van der Waals surface area contributed by atoms with Gasteiger partial charge >= 0.3 is 0 Å². The summed E-state index contributed by atoms with van der Waals surface area (Å²) >= 11 is 0. The van der Waals surface area contributed by atoms with E-state index >= 15 is 0 Å². The minimum Gasteiger partial charge on any atom is -0.310 e. The summed E-state index contributed by atoms with van der Waals surface area (Å²) < 4.78 is 13.1. The van der Waals surface area contributed by atoms with E-state index in [0.29, 0.717) is 12.2 Å². The van der Waals surface area contributed by atoms with Gasteiger partial charge in [-0.25, -0.2) is 9.37 Å². The maximum Gasteiger partial charge on any atom is 0.231 e. The van der Waals surface area contributed by atoms with Crippen molar-refractivity contribution in [1.29, 1.82) is 0 Å². The van der Waals surface area contributed by atoms with Crippen LogP contribution in [0.5, 0.6) is 0 Å². The highest BCUT2D eigenvalue weighted by Gasteiger charge is 2.43. The molecule has 1 aliphatic carbocycles. The molecular weight excluding hydrogens is 399 g/mol. The van der Waals surface area contributed by atoms with Crippen LogP contribution in [0.25, 0.3) is 6.08 Å². The molecule has 1 aliphatic rings. The summed E-state index contributed by atoms with van der Waals surface area (Å²) in [5, 5.41) is 2.73. The van der Waals surface area contributed by atoms with Gasteiger partial charge in [-0.2, -0.15) is 0 Å². The first-order chi connectivity index (χ1) is 15.3. The number of amides is 1. The lowest BCUT2D eigenvalue weighted by Crippen LogP contribution is -2.16. The van der Waals surface area contributed by atoms with Crippen LogP contribution in [0, 0.1) is 12.8 Å². The number of anilines is 1. The van der Waals surface area contributed by atoms with E-state index in [9.17, 15) is 9.18 Å². The quantitative estimate of drug-likeness (QED) is 0.362. The van der Waals surface area contributed by atoms with Crippen LogP contribution in [0.4, 0.5) is 10.2 Å². The van der Waals surface area contributed by atoms with Gasteiger partial charge in [-0.15, -0.1) is 0 Å². The lowest BCUT2D eigenvalue weighted by atomic mass is 9.93. The van der Waals surface area contributed by atoms with Gasteiger partial charge in [0.1, 0.15) is 12.0 Å². The third-order valence-corrected chi connectivity index (χ3v) is 5.59. The van der Waals surface area contributed by atoms with Crippen LogP contribution in [0.3, 0.4) is 0 Å². The van der Waals surface area contributed by atoms with Gasteiger partial charge in [0.2, 0.25) is 5.91 Å². The molecule has 1 amide bonds. The van der Waals surface area contributed by atoms with E-state index in [1.807, 2.05) is 13.0 Å². The van der Waals surface area contributed by atoms with Crippen LogP contribution in [0.2, 0.25) is 0 Å². The molecule has 1 saturated carbocycles. The number of halogens is 1. The summed E-state index contributed by atoms with van der Waals surface area (Å²) in [5.74, 6) is -0.356. The number of nitrogens with one attached hydrogen (secondary N) is 1. The highest BCUT2D eigenvalue weighted by Crippen LogP contribution is 2.34. The molecule has 2 unspecified atom stereocenters. The summed E-state index contributed by atoms with van der Waals surface area (Å²) in [5.41, 5.74) is 6.56. The van der Waals surface area contributed by atoms with Crippen molar-refractivity contribution in [3.05, 3.63) is 76.6 Å². The number of carbonyl (C=O) groups is 1. The summed E-state index contributed by atoms with van der Waals surface area (Å²) in [6.45, 7) is 14.7. The van der Waals surface area contributed by atoms with Gasteiger partial charge in [0, 0.05) is 6.20 Å². The minimum atomic E-state index is -1.01. The van der Waals surface area contributed by atoms with Gasteiger partial charge in [-0.3, -0.25) is 4.79 Å². The maximum absolute atomic E-state index is 13.1. The van der Waals surface area contributed by atoms with Crippen molar-refractivity contribution >= 4 is 17.8 Å². The number of hydrogen-bond acceptors (Lipinski definition) is 2. The van der Waals surface area contributed by atoms with Crippen molar-refractivity contribution in [1.82, 2.24) is 4.98 Å². The van der Waals surface area contributed by atoms with Crippen molar-refractivity contribution in [2.75, 3.05) is 5.32 Å². The number of aryl methyl sites for hydroxylation is 1. The molecule has 0 spiro atoms. The lowest BCUT2D eigenvalue weighted by Gasteiger charge is -2.13. The highest BCUT2D eigenvalue weighted by molar-refractivity contribution is 5.94. The average Bonchev–Trinajstić information content (AvgIpc) is 3.49. The number of aromatic nitrogens is 1. The van der Waals surface area contributed by atoms with Gasteiger partial charge in [-0.1, -0.05) is 56.7 Å². The molecule has 0 saturated heterocycles. The lowest BCUT2D eigenvalue weighted by molar-refractivity contribution is -0.117. The molecule has 1 aromatic heterocycles. The van der Waals surface area contributed by atoms with Crippen molar-refractivity contribution in [3.63, 3.8) is 0 Å². The van der Waals surface area contributed by atoms with Crippen LogP contribution < -0.4 is 5.32 Å². The first-order valence-electron chi connectivity index (χ1n) is 11.6. The normalized spacial score (nSPS) is 19.4. The SMILES string of the molecule is C=C(\C=C(C)/C(=C\C)C(/C=C/CC)=C/c1cnc(NC(=O)C2CC2F)cc1C)CCCC. The van der Waals surface area contributed by atoms with Crippen molar-refractivity contribution in [2.24, 2.45) is 5.92 Å². The van der Waals surface area contributed by atoms with E-state index in [1.54, 1.807) is 6.20 Å². The molecule has 1 fully saturated rings. The second-order valence-electron chi connectivity index (χ2n) is 8.48. The third-order valence-electron chi connectivity index (χ3n) is 5.59. The van der Waals surface area contributed by atoms with E-state index in [2.05, 4.69) is 75.0 Å². The summed E-state index contributed by atoms with van der Waals surface area (Å²) in [7, 11) is 0. The van der Waals surface area contributed by atoms with Crippen LogP contribution >= 0.6 is 0 Å². The highest BCUT2D eigenvalue weighted by atomic mass is 19.1. The first-order valence-corrected chi connectivity index (χ1v) is 11.6. The fourth-order valence-electron chi connectivity index (χ4n) is 3.55. The topological polar surface area (TPSA) is 42.0 Å². The molecular formula is C28H37FN2O. The number of pyridine rings is 1. The van der Waals surface area contributed by atoms with Crippen molar-refractivity contribution in [2.45, 2.75) is 72.9 Å². The number of hydrogen-bond donors (Lipinski definition) is 1. The molecule has 3 nitrogen and oxygen atoms in total. The number of rotatable bonds is 11. The summed E-state index contributed by atoms with van der Waals surface area (Å²) in [6.07, 6.45) is 16.0. The molecule has 0 aromatic carbocycles. The molecule has 0 aliphatic heterocycles. The monoisotopic (exact) mass is 436 g/mol. The Balaban J connectivity index is 2.29. The average molecular weight is 437 g/mol. The van der Waals surface area contributed by atoms with E-state index in [0.717, 1.165) is 53.5 Å². The number of nitrogens with zero attached hydrogens (tertiary/aromatic N) is 1. The van der Waals surface area contributed by atoms with Gasteiger partial charge in [0.25, 0.3) is 0 Å². The molecule has 32 heavy (non-hydrogen) atoms. The standard InChI is InChI=1S/C28H37FN2O/c1-7-10-12-19(4)14-21(6)24(9-3)22(13-11-8-2)16-23-18-30-27(15-20(23)5)31-28(32)25-17-26(25)29/h9,11,13-16,18,25-26H,4,7-8,10,12,17H2,1-3,5-6H3,(H,30,31,32)/b13-11+,21-14-,22-16+,24-9+. The fraction of sp³-hybridized carbons (Fsp3) is 0.429. The number of unbranched alkanes of at least 4 members (excludes halogenated alkanes) is 1. The number of carbonyl (C=O) groups excluding carboxylic acids is 1. The second kappa shape index (κ2) is 12.3. The fourth-order valence-corrected chi connectivity index (χ4v) is 3.55. The minimum absolute atomic E-state index is 0.292. The Morgan fingerprint density at radius 1 is 1.38 bits per heavy atom. The van der Waals surface area contributed by atoms with Crippen LogP contribution in [0.1, 0.15) is 70.9 Å². The van der Waals surface area contributed by atoms with Crippen LogP contribution in [-0.2, 0) is 4.79 Å². The Kier molecular flexibility index (Phi) is 9.83. The van der Waals surface area contributed by atoms with Crippen molar-refractivity contribution in [3.8, 4) is 0 Å². The Bertz CT molecular complexity index is 952. The van der Waals surface area contributed by atoms with Gasteiger partial charge in [-0.05, 0) is 86.4 Å². The predicted molar refractivity (Wildman–Crippen MR) is 134 cm³/mol. The zero-order valence-electron chi connectivity index (χ0n) is 20.2. The Morgan fingerprint density at radius 3 is 2.66 bits per heavy atom.